The van der Waals surface area contributed by atoms with Gasteiger partial charge in [-0.3, -0.25) is 14.4 Å². The number of aliphatic carboxylic acids is 1. The first-order valence-corrected chi connectivity index (χ1v) is 14.7. The summed E-state index contributed by atoms with van der Waals surface area (Å²) >= 11 is 0. The molecule has 1 amide bonds. The highest BCUT2D eigenvalue weighted by molar-refractivity contribution is 5.93. The molecule has 0 aliphatic carbocycles. The van der Waals surface area contributed by atoms with Crippen LogP contribution >= 0.6 is 0 Å². The number of hydrazine groups is 1. The van der Waals surface area contributed by atoms with Crippen LogP contribution in [-0.4, -0.2) is 52.2 Å². The highest BCUT2D eigenvalue weighted by Crippen LogP contribution is 2.50. The van der Waals surface area contributed by atoms with E-state index in [1.165, 1.54) is 6.92 Å². The Morgan fingerprint density at radius 1 is 0.870 bits per heavy atom. The maximum Gasteiger partial charge on any atom is 0.472 e. The lowest BCUT2D eigenvalue weighted by Gasteiger charge is -2.43. The molecule has 2 aliphatic heterocycles. The fourth-order valence-electron chi connectivity index (χ4n) is 5.44. The van der Waals surface area contributed by atoms with Crippen molar-refractivity contribution in [1.82, 2.24) is 10.2 Å². The zero-order valence-electron chi connectivity index (χ0n) is 25.3. The third-order valence-corrected chi connectivity index (χ3v) is 7.61. The summed E-state index contributed by atoms with van der Waals surface area (Å²) in [6.45, 7) is 1.88. The van der Waals surface area contributed by atoms with Gasteiger partial charge >= 0.3 is 18.1 Å². The zero-order chi connectivity index (χ0) is 32.9. The summed E-state index contributed by atoms with van der Waals surface area (Å²) in [5, 5.41) is 11.6. The van der Waals surface area contributed by atoms with E-state index in [-0.39, 0.29) is 19.8 Å². The normalized spacial score (nSPS) is 13.8. The van der Waals surface area contributed by atoms with E-state index in [1.807, 2.05) is 60.7 Å². The van der Waals surface area contributed by atoms with Crippen LogP contribution in [0.15, 0.2) is 97.1 Å². The quantitative estimate of drug-likeness (QED) is 0.164. The Morgan fingerprint density at radius 3 is 1.98 bits per heavy atom. The molecule has 2 aliphatic rings. The van der Waals surface area contributed by atoms with Gasteiger partial charge in [0.2, 0.25) is 6.79 Å². The number of carboxylic acids is 1. The van der Waals surface area contributed by atoms with Crippen molar-refractivity contribution in [3.63, 3.8) is 0 Å². The van der Waals surface area contributed by atoms with Crippen LogP contribution < -0.4 is 9.47 Å². The van der Waals surface area contributed by atoms with Crippen LogP contribution in [0.4, 0.5) is 13.2 Å². The van der Waals surface area contributed by atoms with Crippen molar-refractivity contribution in [3.05, 3.63) is 108 Å². The molecule has 0 unspecified atom stereocenters. The fourth-order valence-corrected chi connectivity index (χ4v) is 5.44. The van der Waals surface area contributed by atoms with E-state index in [4.69, 9.17) is 14.3 Å². The maximum absolute atomic E-state index is 13.9. The molecule has 1 atom stereocenters. The Balaban J connectivity index is 1.68. The van der Waals surface area contributed by atoms with Crippen molar-refractivity contribution in [2.75, 3.05) is 13.3 Å². The topological polar surface area (TPSA) is 88.5 Å². The number of hydrogen-bond acceptors (Lipinski definition) is 6. The van der Waals surface area contributed by atoms with Crippen molar-refractivity contribution in [2.45, 2.75) is 45.0 Å². The van der Waals surface area contributed by atoms with Crippen molar-refractivity contribution < 1.29 is 42.2 Å². The summed E-state index contributed by atoms with van der Waals surface area (Å²) in [5.41, 5.74) is 1.63. The number of carboxylic acid groups (broad SMARTS) is 1. The van der Waals surface area contributed by atoms with E-state index in [0.29, 0.717) is 38.4 Å². The van der Waals surface area contributed by atoms with E-state index in [0.717, 1.165) is 16.7 Å². The summed E-state index contributed by atoms with van der Waals surface area (Å²) in [4.78, 5) is 31.9. The number of ether oxygens (including phenoxy) is 2. The minimum Gasteiger partial charge on any atom is -0.480 e. The van der Waals surface area contributed by atoms with Gasteiger partial charge in [-0.25, -0.2) is 5.01 Å². The van der Waals surface area contributed by atoms with Crippen LogP contribution in [0.25, 0.3) is 22.3 Å². The summed E-state index contributed by atoms with van der Waals surface area (Å²) in [6.07, 6.45) is -5.61. The molecule has 0 aromatic heterocycles. The number of amides is 1. The van der Waals surface area contributed by atoms with Gasteiger partial charge in [0, 0.05) is 29.7 Å². The molecule has 11 heteroatoms. The minimum atomic E-state index is -5.29. The van der Waals surface area contributed by atoms with E-state index < -0.39 is 36.6 Å². The second-order valence-corrected chi connectivity index (χ2v) is 11.0. The van der Waals surface area contributed by atoms with Crippen LogP contribution in [0, 0.1) is 0 Å². The smallest absolute Gasteiger partial charge is 0.472 e. The molecule has 2 heterocycles. The molecular formula is C35H33F3N2O6. The van der Waals surface area contributed by atoms with Gasteiger partial charge in [-0.2, -0.15) is 13.2 Å². The van der Waals surface area contributed by atoms with Crippen molar-refractivity contribution in [2.24, 2.45) is 0 Å². The Morgan fingerprint density at radius 2 is 1.43 bits per heavy atom. The number of hydroxylamine groups is 1. The summed E-state index contributed by atoms with van der Waals surface area (Å²) in [6, 6.07) is 29.0. The fraction of sp³-hybridized carbons (Fsp3) is 0.257. The van der Waals surface area contributed by atoms with Gasteiger partial charge in [0.1, 0.15) is 11.5 Å². The summed E-state index contributed by atoms with van der Waals surface area (Å²) < 4.78 is 53.9. The molecular weight excluding hydrogens is 601 g/mol. The van der Waals surface area contributed by atoms with Gasteiger partial charge in [0.05, 0.1) is 6.61 Å². The number of alkyl halides is 3. The number of fused-ring (bicyclic) bond motifs is 4. The van der Waals surface area contributed by atoms with Gasteiger partial charge in [-0.1, -0.05) is 103 Å². The molecule has 2 bridgehead atoms. The van der Waals surface area contributed by atoms with E-state index in [2.05, 4.69) is 0 Å². The van der Waals surface area contributed by atoms with E-state index in [1.54, 1.807) is 43.3 Å². The molecule has 4 aromatic rings. The average Bonchev–Trinajstić information content (AvgIpc) is 3.37. The molecule has 46 heavy (non-hydrogen) atoms. The SMILES string of the molecule is CCCN(C(=O)C(F)(F)F)N(OCc1ccccc1)[C@@](C)(Cc1cc2c(-c3ccccc3)c(-c3ccccc3)c1OCO2)C(=O)O. The first-order chi connectivity index (χ1) is 22.0. The highest BCUT2D eigenvalue weighted by atomic mass is 19.4. The molecule has 4 aromatic carbocycles. The predicted octanol–water partition coefficient (Wildman–Crippen LogP) is 7.28. The highest BCUT2D eigenvalue weighted by Gasteiger charge is 2.52. The summed E-state index contributed by atoms with van der Waals surface area (Å²) in [5.74, 6) is -3.05. The number of halogens is 3. The predicted molar refractivity (Wildman–Crippen MR) is 164 cm³/mol. The van der Waals surface area contributed by atoms with Crippen molar-refractivity contribution >= 4 is 11.9 Å². The number of carbonyl (C=O) groups excluding carboxylic acids is 1. The first-order valence-electron chi connectivity index (χ1n) is 14.7. The lowest BCUT2D eigenvalue weighted by atomic mass is 9.86. The molecule has 0 saturated heterocycles. The number of rotatable bonds is 12. The van der Waals surface area contributed by atoms with Crippen LogP contribution in [0.5, 0.6) is 11.5 Å². The van der Waals surface area contributed by atoms with Gasteiger partial charge in [-0.05, 0) is 36.1 Å². The number of carbonyl (C=O) groups is 2. The lowest BCUT2D eigenvalue weighted by molar-refractivity contribution is -0.333. The third kappa shape index (κ3) is 6.70. The number of hydrogen-bond donors (Lipinski definition) is 1. The molecule has 0 saturated carbocycles. The van der Waals surface area contributed by atoms with Gasteiger partial charge < -0.3 is 14.6 Å². The molecule has 8 nitrogen and oxygen atoms in total. The zero-order valence-corrected chi connectivity index (χ0v) is 25.3. The Kier molecular flexibility index (Phi) is 9.64. The number of nitrogens with zero attached hydrogens (tertiary/aromatic N) is 2. The minimum absolute atomic E-state index is 0.0962. The van der Waals surface area contributed by atoms with Gasteiger partial charge in [0.15, 0.2) is 5.54 Å². The molecule has 6 rings (SSSR count). The van der Waals surface area contributed by atoms with Crippen LogP contribution in [0.3, 0.4) is 0 Å². The second-order valence-electron chi connectivity index (χ2n) is 11.0. The summed E-state index contributed by atoms with van der Waals surface area (Å²) in [7, 11) is 0. The van der Waals surface area contributed by atoms with Crippen LogP contribution in [-0.2, 0) is 27.5 Å². The van der Waals surface area contributed by atoms with Crippen molar-refractivity contribution in [3.8, 4) is 33.8 Å². The molecule has 1 N–H and O–H groups in total. The molecule has 0 spiro atoms. The third-order valence-electron chi connectivity index (χ3n) is 7.61. The Hall–Kier alpha value is -4.87. The first kappa shape index (κ1) is 32.5. The Labute approximate surface area is 264 Å². The average molecular weight is 635 g/mol. The lowest BCUT2D eigenvalue weighted by Crippen LogP contribution is -2.64. The van der Waals surface area contributed by atoms with Gasteiger partial charge in [0.25, 0.3) is 0 Å². The van der Waals surface area contributed by atoms with Crippen LogP contribution in [0.1, 0.15) is 31.4 Å². The molecule has 0 fully saturated rings. The van der Waals surface area contributed by atoms with Crippen LogP contribution in [0.2, 0.25) is 0 Å². The van der Waals surface area contributed by atoms with E-state index >= 15 is 0 Å². The van der Waals surface area contributed by atoms with Crippen molar-refractivity contribution in [1.29, 1.82) is 0 Å². The monoisotopic (exact) mass is 634 g/mol. The second kappa shape index (κ2) is 13.6. The molecule has 0 radical (unpaired) electrons. The number of benzene rings is 4. The standard InChI is InChI=1S/C35H33F3N2O6/c1-3-19-39(32(41)35(36,37)38)40(46-22-24-13-7-4-8-14-24)34(2,33(42)43)21-27-20-28-29(25-15-9-5-10-16-25)30(31(27)45-23-44-28)26-17-11-6-12-18-26/h4-18,20H,3,19,21-23H2,1-2H3,(H,42,43)/t34-/m0/s1. The maximum atomic E-state index is 13.9. The largest absolute Gasteiger partial charge is 0.480 e. The molecule has 240 valence electrons. The van der Waals surface area contributed by atoms with Gasteiger partial charge in [-0.15, -0.1) is 0 Å². The van der Waals surface area contributed by atoms with E-state index in [9.17, 15) is 27.9 Å². The Bertz CT molecular complexity index is 1670.